The monoisotopic (exact) mass is 378 g/mol. The number of nitrogens with two attached hydrogens (primary N) is 1. The van der Waals surface area contributed by atoms with Crippen LogP contribution in [-0.4, -0.2) is 29.5 Å². The molecule has 1 aromatic carbocycles. The number of hydrogen-bond acceptors (Lipinski definition) is 5. The van der Waals surface area contributed by atoms with Crippen LogP contribution in [0.25, 0.3) is 10.9 Å². The van der Waals surface area contributed by atoms with Crippen LogP contribution in [0, 0.1) is 22.0 Å². The minimum atomic E-state index is -0.349. The number of nitro groups is 1. The molecule has 2 heterocycles. The molecular weight excluding hydrogens is 360 g/mol. The van der Waals surface area contributed by atoms with E-state index in [0.29, 0.717) is 24.1 Å². The summed E-state index contributed by atoms with van der Waals surface area (Å²) in [4.78, 5) is 17.5. The Kier molecular flexibility index (Phi) is 4.50. The highest BCUT2D eigenvalue weighted by Gasteiger charge is 2.30. The molecule has 1 aromatic heterocycles. The molecule has 122 valence electrons. The van der Waals surface area contributed by atoms with Crippen LogP contribution in [0.3, 0.4) is 0 Å². The zero-order valence-corrected chi connectivity index (χ0v) is 14.5. The Hall–Kier alpha value is -1.73. The lowest BCUT2D eigenvalue weighted by atomic mass is 9.86. The Morgan fingerprint density at radius 3 is 3.00 bits per heavy atom. The van der Waals surface area contributed by atoms with Crippen molar-refractivity contribution < 1.29 is 4.92 Å². The molecule has 0 saturated carbocycles. The Morgan fingerprint density at radius 2 is 2.30 bits per heavy atom. The molecule has 0 radical (unpaired) electrons. The first-order valence-electron chi connectivity index (χ1n) is 7.69. The highest BCUT2D eigenvalue weighted by atomic mass is 79.9. The number of anilines is 1. The van der Waals surface area contributed by atoms with Crippen LogP contribution in [-0.2, 0) is 0 Å². The van der Waals surface area contributed by atoms with Gasteiger partial charge in [0, 0.05) is 22.9 Å². The maximum absolute atomic E-state index is 11.5. The van der Waals surface area contributed by atoms with Crippen LogP contribution in [0.15, 0.2) is 28.9 Å². The van der Waals surface area contributed by atoms with Crippen LogP contribution in [0.4, 0.5) is 11.4 Å². The summed E-state index contributed by atoms with van der Waals surface area (Å²) in [6, 6.07) is 5.67. The van der Waals surface area contributed by atoms with Crippen molar-refractivity contribution in [3.8, 4) is 0 Å². The first-order chi connectivity index (χ1) is 11.0. The number of benzene rings is 1. The van der Waals surface area contributed by atoms with Gasteiger partial charge in [-0.15, -0.1) is 0 Å². The lowest BCUT2D eigenvalue weighted by Crippen LogP contribution is -2.43. The molecule has 23 heavy (non-hydrogen) atoms. The quantitative estimate of drug-likeness (QED) is 0.653. The van der Waals surface area contributed by atoms with Gasteiger partial charge >= 0.3 is 5.69 Å². The topological polar surface area (TPSA) is 85.3 Å². The fraction of sp³-hybridized carbons (Fsp3) is 0.438. The molecule has 0 spiro atoms. The molecule has 1 aliphatic heterocycles. The highest BCUT2D eigenvalue weighted by molar-refractivity contribution is 9.10. The van der Waals surface area contributed by atoms with Gasteiger partial charge in [-0.1, -0.05) is 22.9 Å². The number of fused-ring (bicyclic) bond motifs is 1. The SMILES string of the molecule is CC1CCN(c2c([N+](=O)[O-])cnc3ccc(Br)cc23)CC1CN. The molecule has 0 amide bonds. The molecule has 1 saturated heterocycles. The molecule has 1 fully saturated rings. The van der Waals surface area contributed by atoms with E-state index in [1.165, 1.54) is 6.20 Å². The van der Waals surface area contributed by atoms with Crippen LogP contribution < -0.4 is 10.6 Å². The number of rotatable bonds is 3. The molecule has 6 nitrogen and oxygen atoms in total. The van der Waals surface area contributed by atoms with E-state index in [-0.39, 0.29) is 10.6 Å². The van der Waals surface area contributed by atoms with E-state index in [4.69, 9.17) is 5.73 Å². The van der Waals surface area contributed by atoms with E-state index in [1.54, 1.807) is 0 Å². The highest BCUT2D eigenvalue weighted by Crippen LogP contribution is 2.38. The van der Waals surface area contributed by atoms with Gasteiger partial charge in [-0.3, -0.25) is 10.1 Å². The minimum absolute atomic E-state index is 0.0564. The van der Waals surface area contributed by atoms with Crippen LogP contribution >= 0.6 is 15.9 Å². The number of hydrogen-bond donors (Lipinski definition) is 1. The summed E-state index contributed by atoms with van der Waals surface area (Å²) in [5.41, 5.74) is 7.36. The first-order valence-corrected chi connectivity index (χ1v) is 8.48. The third kappa shape index (κ3) is 3.03. The van der Waals surface area contributed by atoms with Gasteiger partial charge < -0.3 is 10.6 Å². The summed E-state index contributed by atoms with van der Waals surface area (Å²) >= 11 is 3.45. The second kappa shape index (κ2) is 6.41. The normalized spacial score (nSPS) is 21.6. The largest absolute Gasteiger partial charge is 0.365 e. The molecular formula is C16H19BrN4O2. The molecule has 3 rings (SSSR count). The summed E-state index contributed by atoms with van der Waals surface area (Å²) < 4.78 is 0.884. The molecule has 1 aliphatic rings. The number of nitrogens with zero attached hydrogens (tertiary/aromatic N) is 3. The Balaban J connectivity index is 2.15. The van der Waals surface area contributed by atoms with Crippen molar-refractivity contribution in [2.24, 2.45) is 17.6 Å². The van der Waals surface area contributed by atoms with Gasteiger partial charge in [-0.05, 0) is 43.0 Å². The average molecular weight is 379 g/mol. The zero-order chi connectivity index (χ0) is 16.6. The Labute approximate surface area is 143 Å². The van der Waals surface area contributed by atoms with Crippen LogP contribution in [0.1, 0.15) is 13.3 Å². The van der Waals surface area contributed by atoms with Gasteiger partial charge in [-0.25, -0.2) is 4.98 Å². The Morgan fingerprint density at radius 1 is 1.52 bits per heavy atom. The summed E-state index contributed by atoms with van der Waals surface area (Å²) in [5, 5.41) is 12.3. The van der Waals surface area contributed by atoms with Crippen molar-refractivity contribution >= 4 is 38.2 Å². The van der Waals surface area contributed by atoms with Gasteiger partial charge in [0.1, 0.15) is 11.9 Å². The van der Waals surface area contributed by atoms with Gasteiger partial charge in [0.15, 0.2) is 0 Å². The lowest BCUT2D eigenvalue weighted by molar-refractivity contribution is -0.384. The van der Waals surface area contributed by atoms with Crippen molar-refractivity contribution in [3.63, 3.8) is 0 Å². The summed E-state index contributed by atoms with van der Waals surface area (Å²) in [7, 11) is 0. The summed E-state index contributed by atoms with van der Waals surface area (Å²) in [5.74, 6) is 0.883. The minimum Gasteiger partial charge on any atom is -0.365 e. The van der Waals surface area contributed by atoms with Crippen LogP contribution in [0.5, 0.6) is 0 Å². The second-order valence-electron chi connectivity index (χ2n) is 6.12. The predicted molar refractivity (Wildman–Crippen MR) is 94.6 cm³/mol. The van der Waals surface area contributed by atoms with Gasteiger partial charge in [0.05, 0.1) is 10.4 Å². The van der Waals surface area contributed by atoms with E-state index < -0.39 is 0 Å². The Bertz CT molecular complexity index is 752. The lowest BCUT2D eigenvalue weighted by Gasteiger charge is -2.38. The standard InChI is InChI=1S/C16H19BrN4O2/c1-10-4-5-20(9-11(10)7-18)16-13-6-12(17)2-3-14(13)19-8-15(16)21(22)23/h2-3,6,8,10-11H,4-5,7,9,18H2,1H3. The number of pyridine rings is 1. The molecule has 2 atom stereocenters. The predicted octanol–water partition coefficient (Wildman–Crippen LogP) is 3.33. The average Bonchev–Trinajstić information content (AvgIpc) is 2.54. The smallest absolute Gasteiger partial charge is 0.311 e. The fourth-order valence-corrected chi connectivity index (χ4v) is 3.63. The molecule has 0 bridgehead atoms. The number of aromatic nitrogens is 1. The zero-order valence-electron chi connectivity index (χ0n) is 12.9. The summed E-state index contributed by atoms with van der Waals surface area (Å²) in [6.45, 7) is 4.33. The van der Waals surface area contributed by atoms with Crippen molar-refractivity contribution in [3.05, 3.63) is 39.0 Å². The van der Waals surface area contributed by atoms with E-state index >= 15 is 0 Å². The van der Waals surface area contributed by atoms with Gasteiger partial charge in [0.2, 0.25) is 0 Å². The van der Waals surface area contributed by atoms with E-state index in [9.17, 15) is 10.1 Å². The number of piperidine rings is 1. The second-order valence-corrected chi connectivity index (χ2v) is 7.03. The van der Waals surface area contributed by atoms with Crippen molar-refractivity contribution in [2.45, 2.75) is 13.3 Å². The summed E-state index contributed by atoms with van der Waals surface area (Å²) in [6.07, 6.45) is 2.35. The molecule has 2 N–H and O–H groups in total. The molecule has 7 heteroatoms. The van der Waals surface area contributed by atoms with E-state index in [1.807, 2.05) is 18.2 Å². The van der Waals surface area contributed by atoms with Gasteiger partial charge in [0.25, 0.3) is 0 Å². The maximum Gasteiger partial charge on any atom is 0.311 e. The van der Waals surface area contributed by atoms with Gasteiger partial charge in [-0.2, -0.15) is 0 Å². The number of halogens is 1. The molecule has 2 aromatic rings. The third-order valence-electron chi connectivity index (χ3n) is 4.71. The van der Waals surface area contributed by atoms with E-state index in [2.05, 4.69) is 32.7 Å². The molecule has 0 aliphatic carbocycles. The fourth-order valence-electron chi connectivity index (χ4n) is 3.27. The maximum atomic E-state index is 11.5. The molecule has 2 unspecified atom stereocenters. The first kappa shape index (κ1) is 16.1. The van der Waals surface area contributed by atoms with Crippen LogP contribution in [0.2, 0.25) is 0 Å². The van der Waals surface area contributed by atoms with Crippen molar-refractivity contribution in [2.75, 3.05) is 24.5 Å². The van der Waals surface area contributed by atoms with E-state index in [0.717, 1.165) is 34.9 Å². The van der Waals surface area contributed by atoms with Crippen molar-refractivity contribution in [1.82, 2.24) is 4.98 Å². The van der Waals surface area contributed by atoms with Crippen molar-refractivity contribution in [1.29, 1.82) is 0 Å². The third-order valence-corrected chi connectivity index (χ3v) is 5.21.